The van der Waals surface area contributed by atoms with Gasteiger partial charge < -0.3 is 15.5 Å². The summed E-state index contributed by atoms with van der Waals surface area (Å²) in [7, 11) is 0. The van der Waals surface area contributed by atoms with Crippen molar-refractivity contribution in [3.05, 3.63) is 0 Å². The van der Waals surface area contributed by atoms with Crippen molar-refractivity contribution in [3.63, 3.8) is 0 Å². The number of nitrogens with zero attached hydrogens (tertiary/aromatic N) is 4. The summed E-state index contributed by atoms with van der Waals surface area (Å²) >= 11 is 0. The third kappa shape index (κ3) is 5.31. The molecule has 0 unspecified atom stereocenters. The third-order valence-corrected chi connectivity index (χ3v) is 3.24. The average molecular weight is 306 g/mol. The van der Waals surface area contributed by atoms with Gasteiger partial charge in [-0.25, -0.2) is 0 Å². The molecule has 2 rings (SSSR count). The fourth-order valence-electron chi connectivity index (χ4n) is 2.38. The largest absolute Gasteiger partial charge is 0.349 e. The Labute approximate surface area is 134 Å². The van der Waals surface area contributed by atoms with Crippen LogP contribution in [0.3, 0.4) is 0 Å². The summed E-state index contributed by atoms with van der Waals surface area (Å²) in [5.74, 6) is 2.04. The van der Waals surface area contributed by atoms with Crippen LogP contribution in [0, 0.1) is 0 Å². The van der Waals surface area contributed by atoms with Crippen LogP contribution in [0.15, 0.2) is 0 Å². The van der Waals surface area contributed by atoms with Gasteiger partial charge in [0, 0.05) is 24.2 Å². The van der Waals surface area contributed by atoms with Crippen LogP contribution in [0.4, 0.5) is 17.8 Å². The van der Waals surface area contributed by atoms with Gasteiger partial charge in [0.25, 0.3) is 0 Å². The van der Waals surface area contributed by atoms with Crippen molar-refractivity contribution in [3.8, 4) is 0 Å². The van der Waals surface area contributed by atoms with Gasteiger partial charge in [-0.15, -0.1) is 0 Å². The van der Waals surface area contributed by atoms with E-state index in [9.17, 15) is 0 Å². The monoisotopic (exact) mass is 306 g/mol. The summed E-state index contributed by atoms with van der Waals surface area (Å²) in [5.41, 5.74) is -0.168. The lowest BCUT2D eigenvalue weighted by atomic mass is 10.1. The number of hydrogen-bond donors (Lipinski definition) is 2. The van der Waals surface area contributed by atoms with Crippen LogP contribution in [0.5, 0.6) is 0 Å². The zero-order chi connectivity index (χ0) is 16.4. The van der Waals surface area contributed by atoms with Crippen molar-refractivity contribution < 1.29 is 0 Å². The number of piperidine rings is 1. The summed E-state index contributed by atoms with van der Waals surface area (Å²) in [4.78, 5) is 16.0. The molecule has 1 aliphatic rings. The Morgan fingerprint density at radius 2 is 1.18 bits per heavy atom. The SMILES string of the molecule is CC(C)(C)Nc1nc(NC(C)(C)C)nc(N2CCCCC2)n1. The first-order valence-corrected chi connectivity index (χ1v) is 8.20. The lowest BCUT2D eigenvalue weighted by Crippen LogP contribution is -2.34. The molecule has 0 aliphatic carbocycles. The fourth-order valence-corrected chi connectivity index (χ4v) is 2.38. The van der Waals surface area contributed by atoms with Crippen LogP contribution in [-0.2, 0) is 0 Å². The summed E-state index contributed by atoms with van der Waals surface area (Å²) in [6, 6.07) is 0. The highest BCUT2D eigenvalue weighted by molar-refractivity contribution is 5.45. The van der Waals surface area contributed by atoms with Gasteiger partial charge in [0.05, 0.1) is 0 Å². The molecular weight excluding hydrogens is 276 g/mol. The van der Waals surface area contributed by atoms with E-state index in [2.05, 4.69) is 72.0 Å². The molecule has 6 nitrogen and oxygen atoms in total. The minimum Gasteiger partial charge on any atom is -0.349 e. The molecule has 1 saturated heterocycles. The number of nitrogens with one attached hydrogen (secondary N) is 2. The average Bonchev–Trinajstić information content (AvgIpc) is 2.35. The third-order valence-electron chi connectivity index (χ3n) is 3.24. The van der Waals surface area contributed by atoms with Crippen molar-refractivity contribution >= 4 is 17.8 Å². The van der Waals surface area contributed by atoms with Crippen LogP contribution >= 0.6 is 0 Å². The molecule has 1 aromatic heterocycles. The molecule has 1 fully saturated rings. The van der Waals surface area contributed by atoms with Crippen molar-refractivity contribution in [2.45, 2.75) is 71.9 Å². The van der Waals surface area contributed by atoms with Crippen LogP contribution < -0.4 is 15.5 Å². The minimum absolute atomic E-state index is 0.0838. The predicted molar refractivity (Wildman–Crippen MR) is 92.6 cm³/mol. The van der Waals surface area contributed by atoms with E-state index in [1.54, 1.807) is 0 Å². The van der Waals surface area contributed by atoms with E-state index in [1.807, 2.05) is 0 Å². The Morgan fingerprint density at radius 1 is 0.727 bits per heavy atom. The molecule has 0 amide bonds. The number of rotatable bonds is 3. The first-order valence-electron chi connectivity index (χ1n) is 8.20. The highest BCUT2D eigenvalue weighted by Gasteiger charge is 2.20. The summed E-state index contributed by atoms with van der Waals surface area (Å²) in [6.07, 6.45) is 3.70. The second-order valence-electron chi connectivity index (χ2n) is 8.08. The molecule has 1 aliphatic heterocycles. The molecule has 6 heteroatoms. The number of hydrogen-bond acceptors (Lipinski definition) is 6. The van der Waals surface area contributed by atoms with Gasteiger partial charge in [-0.2, -0.15) is 15.0 Å². The Balaban J connectivity index is 2.30. The Hall–Kier alpha value is -1.59. The maximum Gasteiger partial charge on any atom is 0.231 e. The Morgan fingerprint density at radius 3 is 1.59 bits per heavy atom. The molecule has 2 heterocycles. The van der Waals surface area contributed by atoms with Gasteiger partial charge in [0.15, 0.2) is 0 Å². The second kappa shape index (κ2) is 6.26. The molecule has 0 aromatic carbocycles. The molecule has 0 spiro atoms. The number of anilines is 3. The minimum atomic E-state index is -0.0838. The van der Waals surface area contributed by atoms with Crippen molar-refractivity contribution in [2.75, 3.05) is 28.6 Å². The van der Waals surface area contributed by atoms with Crippen LogP contribution in [-0.4, -0.2) is 39.1 Å². The zero-order valence-electron chi connectivity index (χ0n) is 14.8. The van der Waals surface area contributed by atoms with Crippen LogP contribution in [0.25, 0.3) is 0 Å². The van der Waals surface area contributed by atoms with Crippen molar-refractivity contribution in [1.82, 2.24) is 15.0 Å². The van der Waals surface area contributed by atoms with Crippen LogP contribution in [0.2, 0.25) is 0 Å². The van der Waals surface area contributed by atoms with Crippen molar-refractivity contribution in [2.24, 2.45) is 0 Å². The molecule has 1 aromatic rings. The molecule has 0 atom stereocenters. The highest BCUT2D eigenvalue weighted by atomic mass is 15.3. The quantitative estimate of drug-likeness (QED) is 0.893. The predicted octanol–water partition coefficient (Wildman–Crippen LogP) is 3.28. The first kappa shape index (κ1) is 16.8. The molecule has 0 bridgehead atoms. The van der Waals surface area contributed by atoms with Gasteiger partial charge in [-0.05, 0) is 60.8 Å². The molecule has 22 heavy (non-hydrogen) atoms. The highest BCUT2D eigenvalue weighted by Crippen LogP contribution is 2.21. The summed E-state index contributed by atoms with van der Waals surface area (Å²) in [5, 5.41) is 6.72. The summed E-state index contributed by atoms with van der Waals surface area (Å²) in [6.45, 7) is 14.7. The molecule has 2 N–H and O–H groups in total. The van der Waals surface area contributed by atoms with Gasteiger partial charge in [0.2, 0.25) is 17.8 Å². The van der Waals surface area contributed by atoms with Gasteiger partial charge in [0.1, 0.15) is 0 Å². The van der Waals surface area contributed by atoms with E-state index in [-0.39, 0.29) is 11.1 Å². The fraction of sp³-hybridized carbons (Fsp3) is 0.812. The topological polar surface area (TPSA) is 66.0 Å². The van der Waals surface area contributed by atoms with E-state index in [4.69, 9.17) is 0 Å². The molecular formula is C16H30N6. The van der Waals surface area contributed by atoms with Crippen LogP contribution in [0.1, 0.15) is 60.8 Å². The van der Waals surface area contributed by atoms with Gasteiger partial charge >= 0.3 is 0 Å². The van der Waals surface area contributed by atoms with E-state index < -0.39 is 0 Å². The second-order valence-corrected chi connectivity index (χ2v) is 8.08. The molecule has 124 valence electrons. The van der Waals surface area contributed by atoms with E-state index in [0.717, 1.165) is 19.0 Å². The van der Waals surface area contributed by atoms with E-state index in [1.165, 1.54) is 19.3 Å². The van der Waals surface area contributed by atoms with Gasteiger partial charge in [-0.1, -0.05) is 0 Å². The van der Waals surface area contributed by atoms with E-state index >= 15 is 0 Å². The lowest BCUT2D eigenvalue weighted by molar-refractivity contribution is 0.564. The maximum absolute atomic E-state index is 4.63. The lowest BCUT2D eigenvalue weighted by Gasteiger charge is -2.29. The first-order chi connectivity index (χ1) is 10.1. The normalized spacial score (nSPS) is 16.5. The smallest absolute Gasteiger partial charge is 0.231 e. The van der Waals surface area contributed by atoms with Crippen molar-refractivity contribution in [1.29, 1.82) is 0 Å². The maximum atomic E-state index is 4.63. The Kier molecular flexibility index (Phi) is 4.78. The van der Waals surface area contributed by atoms with Gasteiger partial charge in [-0.3, -0.25) is 0 Å². The zero-order valence-corrected chi connectivity index (χ0v) is 14.8. The number of aromatic nitrogens is 3. The standard InChI is InChI=1S/C16H30N6/c1-15(2,3)20-12-17-13(21-16(4,5)6)19-14(18-12)22-10-8-7-9-11-22/h7-11H2,1-6H3,(H2,17,18,19,20,21). The molecule has 0 saturated carbocycles. The molecule has 0 radical (unpaired) electrons. The summed E-state index contributed by atoms with van der Waals surface area (Å²) < 4.78 is 0. The van der Waals surface area contributed by atoms with E-state index in [0.29, 0.717) is 11.9 Å². The Bertz CT molecular complexity index is 460.